The van der Waals surface area contributed by atoms with Gasteiger partial charge in [0.25, 0.3) is 0 Å². The predicted octanol–water partition coefficient (Wildman–Crippen LogP) is 6.73. The van der Waals surface area contributed by atoms with Gasteiger partial charge in [-0.15, -0.1) is 11.8 Å². The molecule has 7 rings (SSSR count). The molecular weight excluding hydrogens is 362 g/mol. The van der Waals surface area contributed by atoms with E-state index in [2.05, 4.69) is 37.5 Å². The van der Waals surface area contributed by atoms with Crippen LogP contribution >= 0.6 is 0 Å². The molecule has 1 nitrogen and oxygen atoms in total. The number of hydrogen-bond acceptors (Lipinski definition) is 1. The van der Waals surface area contributed by atoms with Gasteiger partial charge in [-0.25, -0.2) is 0 Å². The van der Waals surface area contributed by atoms with E-state index >= 15 is 0 Å². The zero-order valence-electron chi connectivity index (χ0n) is 19.7. The van der Waals surface area contributed by atoms with Gasteiger partial charge < -0.3 is 0 Å². The first-order valence-corrected chi connectivity index (χ1v) is 13.3. The van der Waals surface area contributed by atoms with Crippen LogP contribution in [0.25, 0.3) is 0 Å². The molecule has 7 aliphatic rings. The van der Waals surface area contributed by atoms with Gasteiger partial charge in [-0.1, -0.05) is 44.3 Å². The van der Waals surface area contributed by atoms with Crippen molar-refractivity contribution in [2.75, 3.05) is 13.1 Å². The summed E-state index contributed by atoms with van der Waals surface area (Å²) in [5, 5.41) is 0. The molecule has 1 heteroatoms. The van der Waals surface area contributed by atoms with Crippen molar-refractivity contribution >= 4 is 0 Å². The summed E-state index contributed by atoms with van der Waals surface area (Å²) in [6, 6.07) is 0. The Bertz CT molecular complexity index is 895. The molecule has 0 aromatic carbocycles. The van der Waals surface area contributed by atoms with Crippen LogP contribution < -0.4 is 0 Å². The van der Waals surface area contributed by atoms with Crippen molar-refractivity contribution in [3.8, 4) is 11.8 Å². The number of hydrogen-bond donors (Lipinski definition) is 0. The van der Waals surface area contributed by atoms with E-state index in [0.717, 1.165) is 11.8 Å². The van der Waals surface area contributed by atoms with Crippen LogP contribution in [-0.4, -0.2) is 23.5 Å². The molecule has 2 aliphatic heterocycles. The molecule has 30 heavy (non-hydrogen) atoms. The Labute approximate surface area is 184 Å². The summed E-state index contributed by atoms with van der Waals surface area (Å²) < 4.78 is 0. The molecule has 1 saturated heterocycles. The molecule has 2 heterocycles. The van der Waals surface area contributed by atoms with Crippen molar-refractivity contribution in [3.05, 3.63) is 11.1 Å². The van der Waals surface area contributed by atoms with Gasteiger partial charge >= 0.3 is 0 Å². The van der Waals surface area contributed by atoms with E-state index in [4.69, 9.17) is 0 Å². The number of allylic oxidation sites excluding steroid dienone is 2. The molecular formula is C29H41N. The van der Waals surface area contributed by atoms with E-state index in [0.29, 0.717) is 27.2 Å². The Morgan fingerprint density at radius 1 is 1.00 bits per heavy atom. The minimum atomic E-state index is 0.372. The second kappa shape index (κ2) is 5.60. The van der Waals surface area contributed by atoms with E-state index in [-0.39, 0.29) is 0 Å². The predicted molar refractivity (Wildman–Crippen MR) is 123 cm³/mol. The second-order valence-corrected chi connectivity index (χ2v) is 13.2. The van der Waals surface area contributed by atoms with E-state index in [1.165, 1.54) is 96.6 Å². The molecule has 3 spiro atoms. The summed E-state index contributed by atoms with van der Waals surface area (Å²) in [5.41, 5.74) is 6.17. The molecule has 162 valence electrons. The summed E-state index contributed by atoms with van der Waals surface area (Å²) in [5.74, 6) is 9.40. The normalized spacial score (nSPS) is 54.8. The lowest BCUT2D eigenvalue weighted by Crippen LogP contribution is -2.63. The lowest BCUT2D eigenvalue weighted by atomic mass is 9.38. The molecule has 5 aliphatic carbocycles. The van der Waals surface area contributed by atoms with Crippen LogP contribution in [-0.2, 0) is 0 Å². The van der Waals surface area contributed by atoms with E-state index in [1.54, 1.807) is 5.57 Å². The Morgan fingerprint density at radius 2 is 1.83 bits per heavy atom. The first-order chi connectivity index (χ1) is 14.4. The molecule has 0 amide bonds. The van der Waals surface area contributed by atoms with Crippen molar-refractivity contribution < 1.29 is 0 Å². The molecule has 0 N–H and O–H groups in total. The van der Waals surface area contributed by atoms with Gasteiger partial charge in [-0.05, 0) is 86.4 Å². The summed E-state index contributed by atoms with van der Waals surface area (Å²) in [6.07, 6.45) is 18.4. The van der Waals surface area contributed by atoms with Gasteiger partial charge in [0, 0.05) is 36.9 Å². The van der Waals surface area contributed by atoms with Gasteiger partial charge in [-0.3, -0.25) is 4.90 Å². The molecule has 5 fully saturated rings. The fraction of sp³-hybridized carbons (Fsp3) is 0.862. The van der Waals surface area contributed by atoms with Gasteiger partial charge in [0.15, 0.2) is 0 Å². The Balaban J connectivity index is 1.47. The first-order valence-electron chi connectivity index (χ1n) is 13.3. The fourth-order valence-electron chi connectivity index (χ4n) is 11.5. The highest BCUT2D eigenvalue weighted by Crippen LogP contribution is 2.85. The van der Waals surface area contributed by atoms with Gasteiger partial charge in [0.05, 0.1) is 0 Å². The third kappa shape index (κ3) is 1.80. The second-order valence-electron chi connectivity index (χ2n) is 13.2. The topological polar surface area (TPSA) is 3.01 Å². The molecule has 0 aromatic heterocycles. The lowest BCUT2D eigenvalue weighted by Gasteiger charge is -2.66. The van der Waals surface area contributed by atoms with Crippen LogP contribution in [0.3, 0.4) is 0 Å². The highest BCUT2D eigenvalue weighted by atomic mass is 15.4. The average Bonchev–Trinajstić information content (AvgIpc) is 3.07. The lowest BCUT2D eigenvalue weighted by molar-refractivity contribution is -0.177. The monoisotopic (exact) mass is 403 g/mol. The molecule has 2 bridgehead atoms. The third-order valence-electron chi connectivity index (χ3n) is 12.9. The number of rotatable bonds is 0. The highest BCUT2D eigenvalue weighted by Gasteiger charge is 2.79. The van der Waals surface area contributed by atoms with Crippen molar-refractivity contribution in [2.24, 2.45) is 33.5 Å². The Kier molecular flexibility index (Phi) is 3.51. The summed E-state index contributed by atoms with van der Waals surface area (Å²) >= 11 is 0. The van der Waals surface area contributed by atoms with Crippen LogP contribution in [0, 0.1) is 45.3 Å². The van der Waals surface area contributed by atoms with E-state index in [1.807, 2.05) is 5.57 Å². The van der Waals surface area contributed by atoms with Gasteiger partial charge in [0.2, 0.25) is 0 Å². The van der Waals surface area contributed by atoms with Crippen LogP contribution in [0.1, 0.15) is 104 Å². The number of nitrogens with zero attached hydrogens (tertiary/aromatic N) is 1. The molecule has 1 unspecified atom stereocenters. The SMILES string of the molecule is CC1=C2C[C@@]34CN5C[C@@]56CCC[C@H]6CC#CC[C@@]3(C)[C@]2(CC1)[C@H](C)CC41CCCC1. The van der Waals surface area contributed by atoms with Crippen LogP contribution in [0.5, 0.6) is 0 Å². The smallest absolute Gasteiger partial charge is 0.0374 e. The maximum absolute atomic E-state index is 3.90. The molecule has 4 saturated carbocycles. The van der Waals surface area contributed by atoms with E-state index < -0.39 is 0 Å². The quantitative estimate of drug-likeness (QED) is 0.246. The minimum Gasteiger partial charge on any atom is -0.294 e. The maximum atomic E-state index is 3.90. The zero-order chi connectivity index (χ0) is 20.4. The highest BCUT2D eigenvalue weighted by molar-refractivity contribution is 5.45. The van der Waals surface area contributed by atoms with Crippen molar-refractivity contribution in [1.82, 2.24) is 4.90 Å². The van der Waals surface area contributed by atoms with Crippen LogP contribution in [0.15, 0.2) is 11.1 Å². The van der Waals surface area contributed by atoms with Gasteiger partial charge in [0.1, 0.15) is 0 Å². The van der Waals surface area contributed by atoms with Crippen LogP contribution in [0.2, 0.25) is 0 Å². The standard InChI is InChI=1S/C29H41N/c1-21-11-16-29-22(2)17-26(13-6-7-14-26)28(18-24(21)29)20-30-19-27(30)15-8-10-23(27)9-4-5-12-25(28,29)3/h22-23H,6-20H2,1-3H3/t22-,23-,25-,27-,28-,29-,30?/m1/s1. The largest absolute Gasteiger partial charge is 0.294 e. The summed E-state index contributed by atoms with van der Waals surface area (Å²) in [7, 11) is 0. The Morgan fingerprint density at radius 3 is 2.67 bits per heavy atom. The fourth-order valence-corrected chi connectivity index (χ4v) is 11.5. The summed E-state index contributed by atoms with van der Waals surface area (Å²) in [4.78, 5) is 3.04. The maximum Gasteiger partial charge on any atom is 0.0374 e. The van der Waals surface area contributed by atoms with Crippen molar-refractivity contribution in [3.63, 3.8) is 0 Å². The molecule has 7 atom stereocenters. The van der Waals surface area contributed by atoms with Gasteiger partial charge in [-0.2, -0.15) is 0 Å². The van der Waals surface area contributed by atoms with E-state index in [9.17, 15) is 0 Å². The first kappa shape index (κ1) is 18.8. The average molecular weight is 404 g/mol. The third-order valence-corrected chi connectivity index (χ3v) is 12.9. The Hall–Kier alpha value is -0.740. The zero-order valence-corrected chi connectivity index (χ0v) is 19.7. The van der Waals surface area contributed by atoms with Crippen molar-refractivity contribution in [1.29, 1.82) is 0 Å². The van der Waals surface area contributed by atoms with Crippen molar-refractivity contribution in [2.45, 2.75) is 110 Å². The van der Waals surface area contributed by atoms with Crippen LogP contribution in [0.4, 0.5) is 0 Å². The summed E-state index contributed by atoms with van der Waals surface area (Å²) in [6.45, 7) is 10.7. The molecule has 0 aromatic rings. The molecule has 0 radical (unpaired) electrons. The minimum absolute atomic E-state index is 0.372.